The van der Waals surface area contributed by atoms with E-state index in [0.29, 0.717) is 12.0 Å². The first-order valence-electron chi connectivity index (χ1n) is 9.48. The van der Waals surface area contributed by atoms with Crippen LogP contribution < -0.4 is 10.6 Å². The van der Waals surface area contributed by atoms with Crippen LogP contribution in [0.3, 0.4) is 0 Å². The van der Waals surface area contributed by atoms with Gasteiger partial charge in [-0.15, -0.1) is 0 Å². The molecule has 1 aliphatic rings. The number of carbonyl (C=O) groups is 2. The Labute approximate surface area is 173 Å². The summed E-state index contributed by atoms with van der Waals surface area (Å²) in [5.41, 5.74) is 0.312. The fourth-order valence-corrected chi connectivity index (χ4v) is 5.49. The first kappa shape index (κ1) is 25.1. The minimum Gasteiger partial charge on any atom is -0.341 e. The van der Waals surface area contributed by atoms with E-state index in [9.17, 15) is 26.4 Å². The Morgan fingerprint density at radius 1 is 0.931 bits per heavy atom. The van der Waals surface area contributed by atoms with Gasteiger partial charge in [-0.05, 0) is 24.1 Å². The third kappa shape index (κ3) is 7.77. The Kier molecular flexibility index (Phi) is 9.28. The highest BCUT2D eigenvalue weighted by Gasteiger charge is 2.26. The zero-order chi connectivity index (χ0) is 22.2. The largest absolute Gasteiger partial charge is 0.341 e. The van der Waals surface area contributed by atoms with E-state index >= 15 is 0 Å². The molecule has 29 heavy (non-hydrogen) atoms. The van der Waals surface area contributed by atoms with E-state index in [2.05, 4.69) is 10.6 Å². The number of rotatable bonds is 5. The Hall–Kier alpha value is -1.94. The number of hydrogen-bond acceptors (Lipinski definition) is 6. The molecule has 3 amide bonds. The molecular formula is C19H30N2O6S2. The van der Waals surface area contributed by atoms with Gasteiger partial charge < -0.3 is 5.32 Å². The first-order valence-corrected chi connectivity index (χ1v) is 13.3. The third-order valence-corrected chi connectivity index (χ3v) is 7.03. The topological polar surface area (TPSA) is 126 Å². The zero-order valence-corrected chi connectivity index (χ0v) is 19.0. The van der Waals surface area contributed by atoms with Crippen LogP contribution in [0.4, 0.5) is 4.79 Å². The monoisotopic (exact) mass is 446 g/mol. The molecule has 1 aromatic carbocycles. The third-order valence-electron chi connectivity index (χ3n) is 4.61. The van der Waals surface area contributed by atoms with E-state index in [0.717, 1.165) is 18.6 Å². The second-order valence-electron chi connectivity index (χ2n) is 7.05. The maximum atomic E-state index is 12.1. The SMILES string of the molecule is C1CCCC1.CCC(C(=O)NC(=O)NC)c1ccc(S(C)(=O)=O)c(S(C)(=O)=O)c1. The van der Waals surface area contributed by atoms with Crippen molar-refractivity contribution in [3.8, 4) is 0 Å². The molecule has 1 atom stereocenters. The summed E-state index contributed by atoms with van der Waals surface area (Å²) in [4.78, 5) is 22.7. The van der Waals surface area contributed by atoms with Gasteiger partial charge in [-0.2, -0.15) is 0 Å². The predicted molar refractivity (Wildman–Crippen MR) is 111 cm³/mol. The molecule has 0 aromatic heterocycles. The van der Waals surface area contributed by atoms with Gasteiger partial charge in [-0.25, -0.2) is 21.6 Å². The highest BCUT2D eigenvalue weighted by Crippen LogP contribution is 2.28. The standard InChI is InChI=1S/C14H20N2O6S2.C5H10/c1-5-10(13(17)16-14(18)15-2)9-6-7-11(23(3,19)20)12(8-9)24(4,21)22;1-2-4-5-3-1/h6-8,10H,5H2,1-4H3,(H2,15,16,17,18);1-5H2. The number of carbonyl (C=O) groups excluding carboxylic acids is 2. The lowest BCUT2D eigenvalue weighted by molar-refractivity contribution is -0.121. The molecule has 1 saturated carbocycles. The summed E-state index contributed by atoms with van der Waals surface area (Å²) in [6.07, 6.45) is 9.60. The van der Waals surface area contributed by atoms with Gasteiger partial charge in [0.05, 0.1) is 15.7 Å². The molecule has 0 saturated heterocycles. The maximum Gasteiger partial charge on any atom is 0.321 e. The minimum absolute atomic E-state index is 0.296. The lowest BCUT2D eigenvalue weighted by Gasteiger charge is -2.16. The van der Waals surface area contributed by atoms with E-state index in [1.165, 1.54) is 51.3 Å². The molecule has 0 aliphatic heterocycles. The van der Waals surface area contributed by atoms with Gasteiger partial charge in [0.25, 0.3) is 0 Å². The van der Waals surface area contributed by atoms with Gasteiger partial charge in [0.2, 0.25) is 5.91 Å². The van der Waals surface area contributed by atoms with Crippen molar-refractivity contribution in [3.63, 3.8) is 0 Å². The lowest BCUT2D eigenvalue weighted by Crippen LogP contribution is -2.40. The Balaban J connectivity index is 0.000000726. The summed E-state index contributed by atoms with van der Waals surface area (Å²) < 4.78 is 47.4. The molecule has 1 unspecified atom stereocenters. The van der Waals surface area contributed by atoms with E-state index in [1.807, 2.05) is 0 Å². The number of amides is 3. The van der Waals surface area contributed by atoms with Crippen molar-refractivity contribution in [1.82, 2.24) is 10.6 Å². The molecule has 10 heteroatoms. The van der Waals surface area contributed by atoms with E-state index < -0.39 is 37.5 Å². The summed E-state index contributed by atoms with van der Waals surface area (Å²) in [5.74, 6) is -1.40. The number of sulfone groups is 2. The molecule has 2 N–H and O–H groups in total. The molecule has 1 aromatic rings. The van der Waals surface area contributed by atoms with Gasteiger partial charge in [0.1, 0.15) is 0 Å². The van der Waals surface area contributed by atoms with Gasteiger partial charge in [-0.1, -0.05) is 45.1 Å². The smallest absolute Gasteiger partial charge is 0.321 e. The van der Waals surface area contributed by atoms with Gasteiger partial charge in [0.15, 0.2) is 19.7 Å². The number of benzene rings is 1. The maximum absolute atomic E-state index is 12.1. The molecule has 0 bridgehead atoms. The fourth-order valence-electron chi connectivity index (χ4n) is 3.06. The van der Waals surface area contributed by atoms with Crippen molar-refractivity contribution in [2.45, 2.75) is 61.2 Å². The van der Waals surface area contributed by atoms with Crippen molar-refractivity contribution in [2.24, 2.45) is 0 Å². The predicted octanol–water partition coefficient (Wildman–Crippen LogP) is 2.39. The molecule has 0 spiro atoms. The van der Waals surface area contributed by atoms with Crippen LogP contribution in [0.15, 0.2) is 28.0 Å². The zero-order valence-electron chi connectivity index (χ0n) is 17.3. The molecule has 2 rings (SSSR count). The minimum atomic E-state index is -3.82. The fraction of sp³-hybridized carbons (Fsp3) is 0.579. The van der Waals surface area contributed by atoms with Crippen molar-refractivity contribution in [3.05, 3.63) is 23.8 Å². The van der Waals surface area contributed by atoms with Crippen LogP contribution in [0, 0.1) is 0 Å². The van der Waals surface area contributed by atoms with Crippen LogP contribution >= 0.6 is 0 Å². The van der Waals surface area contributed by atoms with Crippen LogP contribution in [0.2, 0.25) is 0 Å². The summed E-state index contributed by atoms with van der Waals surface area (Å²) in [5, 5.41) is 4.37. The van der Waals surface area contributed by atoms with E-state index in [1.54, 1.807) is 6.92 Å². The van der Waals surface area contributed by atoms with Crippen molar-refractivity contribution in [2.75, 3.05) is 19.6 Å². The summed E-state index contributed by atoms with van der Waals surface area (Å²) >= 11 is 0. The molecule has 164 valence electrons. The number of nitrogens with one attached hydrogen (secondary N) is 2. The molecule has 8 nitrogen and oxygen atoms in total. The molecule has 0 radical (unpaired) electrons. The van der Waals surface area contributed by atoms with E-state index in [4.69, 9.17) is 0 Å². The summed E-state index contributed by atoms with van der Waals surface area (Å²) in [7, 11) is -6.22. The highest BCUT2D eigenvalue weighted by atomic mass is 32.2. The van der Waals surface area contributed by atoms with Crippen molar-refractivity contribution >= 4 is 31.6 Å². The van der Waals surface area contributed by atoms with Crippen LogP contribution in [-0.4, -0.2) is 48.3 Å². The van der Waals surface area contributed by atoms with Crippen LogP contribution in [0.5, 0.6) is 0 Å². The molecular weight excluding hydrogens is 416 g/mol. The van der Waals surface area contributed by atoms with Crippen LogP contribution in [-0.2, 0) is 24.5 Å². The number of imide groups is 1. The lowest BCUT2D eigenvalue weighted by atomic mass is 9.95. The van der Waals surface area contributed by atoms with Gasteiger partial charge >= 0.3 is 6.03 Å². The first-order chi connectivity index (χ1) is 13.4. The average Bonchev–Trinajstić information content (AvgIpc) is 3.20. The van der Waals surface area contributed by atoms with Gasteiger partial charge in [-0.3, -0.25) is 10.1 Å². The van der Waals surface area contributed by atoms with Crippen molar-refractivity contribution in [1.29, 1.82) is 0 Å². The number of urea groups is 1. The number of hydrogen-bond donors (Lipinski definition) is 2. The van der Waals surface area contributed by atoms with Crippen LogP contribution in [0.1, 0.15) is 56.9 Å². The van der Waals surface area contributed by atoms with E-state index in [-0.39, 0.29) is 9.79 Å². The highest BCUT2D eigenvalue weighted by molar-refractivity contribution is 7.93. The molecule has 1 aliphatic carbocycles. The average molecular weight is 447 g/mol. The quantitative estimate of drug-likeness (QED) is 0.715. The van der Waals surface area contributed by atoms with Crippen LogP contribution in [0.25, 0.3) is 0 Å². The summed E-state index contributed by atoms with van der Waals surface area (Å²) in [6, 6.07) is 3.03. The Morgan fingerprint density at radius 3 is 1.79 bits per heavy atom. The van der Waals surface area contributed by atoms with Gasteiger partial charge in [0, 0.05) is 19.6 Å². The normalized spacial score (nSPS) is 15.0. The Bertz CT molecular complexity index is 928. The summed E-state index contributed by atoms with van der Waals surface area (Å²) in [6.45, 7) is 1.69. The molecule has 0 heterocycles. The van der Waals surface area contributed by atoms with Crippen molar-refractivity contribution < 1.29 is 26.4 Å². The second kappa shape index (κ2) is 10.7. The Morgan fingerprint density at radius 2 is 1.41 bits per heavy atom. The molecule has 1 fully saturated rings. The second-order valence-corrected chi connectivity index (χ2v) is 11.0.